The van der Waals surface area contributed by atoms with Gasteiger partial charge in [0.1, 0.15) is 0 Å². The number of rotatable bonds is 9. The summed E-state index contributed by atoms with van der Waals surface area (Å²) in [7, 11) is 1.71. The maximum Gasteiger partial charge on any atom is 0.0929 e. The summed E-state index contributed by atoms with van der Waals surface area (Å²) in [6.45, 7) is 2.34. The fourth-order valence-corrected chi connectivity index (χ4v) is 2.33. The maximum absolute atomic E-state index is 5.68. The molecular formula is C11H18ClNO2S. The highest BCUT2D eigenvalue weighted by Crippen LogP contribution is 2.13. The molecule has 0 aliphatic carbocycles. The molecule has 0 aliphatic rings. The molecule has 3 nitrogen and oxygen atoms in total. The number of hydrogen-bond acceptors (Lipinski definition) is 4. The van der Waals surface area contributed by atoms with E-state index in [2.05, 4.69) is 4.98 Å². The number of hydrogen-bond donors (Lipinski definition) is 0. The Morgan fingerprint density at radius 2 is 2.12 bits per heavy atom. The molecule has 0 unspecified atom stereocenters. The van der Waals surface area contributed by atoms with E-state index in [1.807, 2.05) is 5.38 Å². The molecule has 0 amide bonds. The fourth-order valence-electron chi connectivity index (χ4n) is 1.26. The molecule has 1 aromatic rings. The second-order valence-electron chi connectivity index (χ2n) is 3.43. The van der Waals surface area contributed by atoms with Gasteiger partial charge < -0.3 is 9.47 Å². The quantitative estimate of drug-likeness (QED) is 0.507. The number of halogens is 1. The monoisotopic (exact) mass is 263 g/mol. The zero-order valence-electron chi connectivity index (χ0n) is 9.58. The summed E-state index contributed by atoms with van der Waals surface area (Å²) in [5, 5.41) is 3.16. The van der Waals surface area contributed by atoms with Gasteiger partial charge in [-0.25, -0.2) is 4.98 Å². The number of thiazole rings is 1. The second kappa shape index (κ2) is 8.93. The minimum Gasteiger partial charge on any atom is -0.385 e. The van der Waals surface area contributed by atoms with Crippen molar-refractivity contribution in [3.63, 3.8) is 0 Å². The zero-order chi connectivity index (χ0) is 11.6. The van der Waals surface area contributed by atoms with Crippen LogP contribution in [-0.4, -0.2) is 31.9 Å². The summed E-state index contributed by atoms with van der Waals surface area (Å²) < 4.78 is 10.4. The highest BCUT2D eigenvalue weighted by atomic mass is 35.5. The lowest BCUT2D eigenvalue weighted by Crippen LogP contribution is -2.01. The molecule has 0 atom stereocenters. The Labute approximate surface area is 106 Å². The molecule has 1 aromatic heterocycles. The molecule has 92 valence electrons. The molecular weight excluding hydrogens is 246 g/mol. The molecule has 0 fully saturated rings. The van der Waals surface area contributed by atoms with Gasteiger partial charge in [0.15, 0.2) is 0 Å². The number of alkyl halides is 1. The first-order chi connectivity index (χ1) is 7.86. The lowest BCUT2D eigenvalue weighted by Gasteiger charge is -2.02. The summed E-state index contributed by atoms with van der Waals surface area (Å²) in [5.74, 6) is 0.504. The van der Waals surface area contributed by atoms with Crippen LogP contribution in [0, 0.1) is 0 Å². The van der Waals surface area contributed by atoms with E-state index < -0.39 is 0 Å². The summed E-state index contributed by atoms with van der Waals surface area (Å²) in [6, 6.07) is 0. The molecule has 1 rings (SSSR count). The van der Waals surface area contributed by atoms with Crippen molar-refractivity contribution in [3.05, 3.63) is 16.1 Å². The van der Waals surface area contributed by atoms with Crippen LogP contribution in [0.1, 0.15) is 23.5 Å². The number of ether oxygens (including phenoxy) is 2. The van der Waals surface area contributed by atoms with Crippen molar-refractivity contribution in [2.45, 2.75) is 25.1 Å². The Hall–Kier alpha value is -0.160. The van der Waals surface area contributed by atoms with Crippen LogP contribution < -0.4 is 0 Å². The average Bonchev–Trinajstić information content (AvgIpc) is 2.76. The number of nitrogens with zero attached hydrogens (tertiary/aromatic N) is 1. The molecule has 16 heavy (non-hydrogen) atoms. The molecule has 0 saturated heterocycles. The van der Waals surface area contributed by atoms with Crippen LogP contribution in [0.4, 0.5) is 0 Å². The van der Waals surface area contributed by atoms with Crippen LogP contribution >= 0.6 is 22.9 Å². The van der Waals surface area contributed by atoms with Crippen molar-refractivity contribution >= 4 is 22.9 Å². The molecule has 0 aliphatic heterocycles. The van der Waals surface area contributed by atoms with E-state index in [9.17, 15) is 0 Å². The third kappa shape index (κ3) is 5.80. The minimum atomic E-state index is 0.504. The van der Waals surface area contributed by atoms with E-state index in [4.69, 9.17) is 21.1 Å². The summed E-state index contributed by atoms with van der Waals surface area (Å²) >= 11 is 7.36. The van der Waals surface area contributed by atoms with Crippen molar-refractivity contribution in [2.24, 2.45) is 0 Å². The number of aryl methyl sites for hydroxylation is 1. The third-order valence-electron chi connectivity index (χ3n) is 2.05. The van der Waals surface area contributed by atoms with Crippen LogP contribution in [-0.2, 0) is 21.8 Å². The van der Waals surface area contributed by atoms with Crippen LogP contribution in [0.15, 0.2) is 5.38 Å². The molecule has 5 heteroatoms. The Kier molecular flexibility index (Phi) is 7.76. The fraction of sp³-hybridized carbons (Fsp3) is 0.727. The molecule has 0 radical (unpaired) electrons. The lowest BCUT2D eigenvalue weighted by molar-refractivity contribution is 0.101. The van der Waals surface area contributed by atoms with E-state index in [0.29, 0.717) is 5.88 Å². The van der Waals surface area contributed by atoms with Crippen LogP contribution in [0.25, 0.3) is 0 Å². The topological polar surface area (TPSA) is 31.4 Å². The van der Waals surface area contributed by atoms with Gasteiger partial charge in [-0.1, -0.05) is 0 Å². The number of methoxy groups -OCH3 is 1. The van der Waals surface area contributed by atoms with Crippen molar-refractivity contribution in [2.75, 3.05) is 26.9 Å². The third-order valence-corrected chi connectivity index (χ3v) is 3.28. The summed E-state index contributed by atoms with van der Waals surface area (Å²) in [4.78, 5) is 4.39. The predicted molar refractivity (Wildman–Crippen MR) is 67.3 cm³/mol. The zero-order valence-corrected chi connectivity index (χ0v) is 11.1. The Bertz CT molecular complexity index is 281. The van der Waals surface area contributed by atoms with Crippen molar-refractivity contribution in [1.29, 1.82) is 0 Å². The van der Waals surface area contributed by atoms with Crippen LogP contribution in [0.3, 0.4) is 0 Å². The molecule has 1 heterocycles. The van der Waals surface area contributed by atoms with E-state index in [0.717, 1.165) is 49.8 Å². The largest absolute Gasteiger partial charge is 0.385 e. The van der Waals surface area contributed by atoms with Crippen LogP contribution in [0.2, 0.25) is 0 Å². The highest BCUT2D eigenvalue weighted by molar-refractivity contribution is 7.09. The van der Waals surface area contributed by atoms with Gasteiger partial charge in [-0.05, 0) is 12.8 Å². The highest BCUT2D eigenvalue weighted by Gasteiger charge is 2.00. The van der Waals surface area contributed by atoms with E-state index in [1.54, 1.807) is 18.4 Å². The Morgan fingerprint density at radius 1 is 1.31 bits per heavy atom. The summed E-state index contributed by atoms with van der Waals surface area (Å²) in [6.07, 6.45) is 2.96. The van der Waals surface area contributed by atoms with Gasteiger partial charge in [-0.2, -0.15) is 0 Å². The van der Waals surface area contributed by atoms with Gasteiger partial charge in [0, 0.05) is 38.7 Å². The molecule has 0 N–H and O–H groups in total. The molecule has 0 aromatic carbocycles. The van der Waals surface area contributed by atoms with Gasteiger partial charge in [0.25, 0.3) is 0 Å². The van der Waals surface area contributed by atoms with E-state index in [-0.39, 0.29) is 0 Å². The van der Waals surface area contributed by atoms with Gasteiger partial charge >= 0.3 is 0 Å². The molecule has 0 spiro atoms. The van der Waals surface area contributed by atoms with Crippen molar-refractivity contribution in [1.82, 2.24) is 4.98 Å². The predicted octanol–water partition coefficient (Wildman–Crippen LogP) is 2.87. The van der Waals surface area contributed by atoms with Gasteiger partial charge in [0.2, 0.25) is 0 Å². The minimum absolute atomic E-state index is 0.504. The van der Waals surface area contributed by atoms with Gasteiger partial charge in [-0.3, -0.25) is 0 Å². The summed E-state index contributed by atoms with van der Waals surface area (Å²) in [5.41, 5.74) is 0.975. The van der Waals surface area contributed by atoms with Crippen molar-refractivity contribution in [3.8, 4) is 0 Å². The Balaban J connectivity index is 1.98. The average molecular weight is 264 g/mol. The van der Waals surface area contributed by atoms with Gasteiger partial charge in [0.05, 0.1) is 16.6 Å². The van der Waals surface area contributed by atoms with Crippen LogP contribution in [0.5, 0.6) is 0 Å². The first-order valence-corrected chi connectivity index (χ1v) is 6.84. The first-order valence-electron chi connectivity index (χ1n) is 5.42. The normalized spacial score (nSPS) is 10.9. The maximum atomic E-state index is 5.68. The standard InChI is InChI=1S/C11H18ClNO2S/c1-14-5-3-7-15-6-2-4-11-13-10(8-12)9-16-11/h9H,2-8H2,1H3. The lowest BCUT2D eigenvalue weighted by atomic mass is 10.3. The molecule has 0 bridgehead atoms. The first kappa shape index (κ1) is 13.9. The van der Waals surface area contributed by atoms with Gasteiger partial charge in [-0.15, -0.1) is 22.9 Å². The SMILES string of the molecule is COCCCOCCCc1nc(CCl)cs1. The number of aromatic nitrogens is 1. The smallest absolute Gasteiger partial charge is 0.0929 e. The second-order valence-corrected chi connectivity index (χ2v) is 4.64. The van der Waals surface area contributed by atoms with Crippen molar-refractivity contribution < 1.29 is 9.47 Å². The van der Waals surface area contributed by atoms with E-state index in [1.165, 1.54) is 0 Å². The Morgan fingerprint density at radius 3 is 2.81 bits per heavy atom. The van der Waals surface area contributed by atoms with E-state index >= 15 is 0 Å². The molecule has 0 saturated carbocycles.